The van der Waals surface area contributed by atoms with Gasteiger partial charge in [-0.1, -0.05) is 48.6 Å². The Labute approximate surface area is 207 Å². The van der Waals surface area contributed by atoms with Crippen molar-refractivity contribution in [3.8, 4) is 11.3 Å². The number of hydrogen-bond donors (Lipinski definition) is 2. The minimum Gasteiger partial charge on any atom is -0.368 e. The number of benzene rings is 1. The highest BCUT2D eigenvalue weighted by Gasteiger charge is 2.28. The summed E-state index contributed by atoms with van der Waals surface area (Å²) < 4.78 is 1.71. The average molecular weight is 558 g/mol. The molecule has 1 aromatic carbocycles. The Kier molecular flexibility index (Phi) is 6.11. The van der Waals surface area contributed by atoms with E-state index in [0.29, 0.717) is 11.8 Å². The highest BCUT2D eigenvalue weighted by Crippen LogP contribution is 2.39. The van der Waals surface area contributed by atoms with Gasteiger partial charge in [0.1, 0.15) is 4.05 Å². The number of alkyl halides is 1. The number of primary amides is 1. The summed E-state index contributed by atoms with van der Waals surface area (Å²) in [6.07, 6.45) is 4.03. The van der Waals surface area contributed by atoms with Crippen molar-refractivity contribution in [2.75, 3.05) is 13.1 Å². The first kappa shape index (κ1) is 22.7. The molecule has 174 valence electrons. The third kappa shape index (κ3) is 4.03. The van der Waals surface area contributed by atoms with Crippen LogP contribution in [0.25, 0.3) is 22.2 Å². The molecule has 5 rings (SSSR count). The molecule has 2 aromatic heterocycles. The van der Waals surface area contributed by atoms with Gasteiger partial charge in [0.05, 0.1) is 5.69 Å². The molecule has 1 fully saturated rings. The molecule has 0 bridgehead atoms. The molecule has 2 aliphatic heterocycles. The maximum Gasteiger partial charge on any atom is 0.250 e. The van der Waals surface area contributed by atoms with E-state index in [4.69, 9.17) is 5.73 Å². The van der Waals surface area contributed by atoms with Crippen LogP contribution in [0.4, 0.5) is 0 Å². The zero-order chi connectivity index (χ0) is 23.3. The molecular formula is C26H31IN4O2. The number of aromatic nitrogens is 2. The molecule has 33 heavy (non-hydrogen) atoms. The van der Waals surface area contributed by atoms with Gasteiger partial charge in [-0.15, -0.1) is 0 Å². The molecule has 0 saturated carbocycles. The van der Waals surface area contributed by atoms with Gasteiger partial charge in [-0.05, 0) is 60.8 Å². The molecule has 0 spiro atoms. The quantitative estimate of drug-likeness (QED) is 0.275. The van der Waals surface area contributed by atoms with Crippen LogP contribution in [0.1, 0.15) is 61.8 Å². The van der Waals surface area contributed by atoms with Gasteiger partial charge in [0.2, 0.25) is 5.91 Å². The molecule has 3 aromatic rings. The third-order valence-electron chi connectivity index (χ3n) is 7.36. The molecule has 1 saturated heterocycles. The normalized spacial score (nSPS) is 18.2. The summed E-state index contributed by atoms with van der Waals surface area (Å²) in [6.45, 7) is 7.07. The number of carbonyl (C=O) groups is 1. The van der Waals surface area contributed by atoms with Gasteiger partial charge < -0.3 is 15.3 Å². The van der Waals surface area contributed by atoms with Gasteiger partial charge in [0.15, 0.2) is 0 Å². The van der Waals surface area contributed by atoms with Gasteiger partial charge >= 0.3 is 0 Å². The van der Waals surface area contributed by atoms with Crippen LogP contribution < -0.4 is 11.3 Å². The van der Waals surface area contributed by atoms with E-state index in [0.717, 1.165) is 56.7 Å². The minimum atomic E-state index is -0.259. The lowest BCUT2D eigenvalue weighted by Crippen LogP contribution is -2.44. The van der Waals surface area contributed by atoms with Crippen molar-refractivity contribution >= 4 is 39.4 Å². The third-order valence-corrected chi connectivity index (χ3v) is 8.76. The standard InChI is InChI=1S/C26H31IN4O2/c1-15(2)23-18-6-5-17(16-9-12-30(13-10-16)25(27)26(28)33)14-20(18)29-24(23)19-7-8-22(32)31-11-3-4-21(19)31/h5-8,14-16,25,29H,3-4,9-13H2,1-2H3,(H2,28,33). The van der Waals surface area contributed by atoms with Gasteiger partial charge in [-0.3, -0.25) is 14.5 Å². The number of nitrogens with one attached hydrogen (secondary N) is 1. The first-order valence-electron chi connectivity index (χ1n) is 11.9. The summed E-state index contributed by atoms with van der Waals surface area (Å²) >= 11 is 2.14. The first-order chi connectivity index (χ1) is 15.8. The van der Waals surface area contributed by atoms with Crippen molar-refractivity contribution in [2.45, 2.75) is 62.0 Å². The lowest BCUT2D eigenvalue weighted by molar-refractivity contribution is -0.120. The van der Waals surface area contributed by atoms with E-state index in [9.17, 15) is 9.59 Å². The molecule has 0 radical (unpaired) electrons. The largest absolute Gasteiger partial charge is 0.368 e. The lowest BCUT2D eigenvalue weighted by atomic mass is 9.88. The number of nitrogens with zero attached hydrogens (tertiary/aromatic N) is 2. The molecule has 1 atom stereocenters. The highest BCUT2D eigenvalue weighted by atomic mass is 127. The Morgan fingerprint density at radius 1 is 1.15 bits per heavy atom. The number of H-pyrrole nitrogens is 1. The van der Waals surface area contributed by atoms with Gasteiger partial charge in [-0.25, -0.2) is 0 Å². The number of rotatable bonds is 5. The van der Waals surface area contributed by atoms with Crippen molar-refractivity contribution in [1.29, 1.82) is 0 Å². The molecule has 3 N–H and O–H groups in total. The van der Waals surface area contributed by atoms with Crippen LogP contribution >= 0.6 is 22.6 Å². The predicted molar refractivity (Wildman–Crippen MR) is 141 cm³/mol. The zero-order valence-corrected chi connectivity index (χ0v) is 21.4. The number of hydrogen-bond acceptors (Lipinski definition) is 3. The van der Waals surface area contributed by atoms with Crippen LogP contribution in [0.3, 0.4) is 0 Å². The Bertz CT molecular complexity index is 1270. The van der Waals surface area contributed by atoms with E-state index in [-0.39, 0.29) is 15.5 Å². The van der Waals surface area contributed by atoms with E-state index in [1.807, 2.05) is 10.6 Å². The second-order valence-corrected chi connectivity index (χ2v) is 10.9. The molecule has 1 unspecified atom stereocenters. The summed E-state index contributed by atoms with van der Waals surface area (Å²) in [4.78, 5) is 29.8. The monoisotopic (exact) mass is 558 g/mol. The van der Waals surface area contributed by atoms with E-state index < -0.39 is 0 Å². The van der Waals surface area contributed by atoms with Crippen LogP contribution in [0.15, 0.2) is 35.1 Å². The number of nitrogens with two attached hydrogens (primary N) is 1. The number of fused-ring (bicyclic) bond motifs is 2. The first-order valence-corrected chi connectivity index (χ1v) is 13.2. The van der Waals surface area contributed by atoms with Crippen LogP contribution in [-0.4, -0.2) is 37.5 Å². The lowest BCUT2D eigenvalue weighted by Gasteiger charge is -2.34. The van der Waals surface area contributed by atoms with E-state index >= 15 is 0 Å². The molecule has 4 heterocycles. The molecule has 7 heteroatoms. The SMILES string of the molecule is CC(C)c1c(-c2ccc(=O)n3c2CCC3)[nH]c2cc(C3CCN(C(I)C(N)=O)CC3)ccc12. The summed E-state index contributed by atoms with van der Waals surface area (Å²) in [5.74, 6) is 0.590. The number of likely N-dealkylation sites (tertiary alicyclic amines) is 1. The second-order valence-electron chi connectivity index (χ2n) is 9.71. The Hall–Kier alpha value is -2.13. The molecular weight excluding hydrogens is 527 g/mol. The second kappa shape index (κ2) is 8.91. The topological polar surface area (TPSA) is 84.1 Å². The maximum absolute atomic E-state index is 12.3. The zero-order valence-electron chi connectivity index (χ0n) is 19.2. The number of piperidine rings is 1. The fourth-order valence-electron chi connectivity index (χ4n) is 5.71. The van der Waals surface area contributed by atoms with Crippen molar-refractivity contribution < 1.29 is 4.79 Å². The number of amides is 1. The summed E-state index contributed by atoms with van der Waals surface area (Å²) in [6, 6.07) is 10.6. The molecule has 1 amide bonds. The van der Waals surface area contributed by atoms with Gasteiger partial charge in [-0.2, -0.15) is 0 Å². The fourth-order valence-corrected chi connectivity index (χ4v) is 6.27. The van der Waals surface area contributed by atoms with Crippen LogP contribution in [-0.2, 0) is 17.8 Å². The Balaban J connectivity index is 1.50. The van der Waals surface area contributed by atoms with Crippen LogP contribution in [0, 0.1) is 0 Å². The maximum atomic E-state index is 12.3. The Morgan fingerprint density at radius 2 is 1.91 bits per heavy atom. The number of halogens is 1. The van der Waals surface area contributed by atoms with Gasteiger partial charge in [0, 0.05) is 47.9 Å². The Morgan fingerprint density at radius 3 is 2.61 bits per heavy atom. The smallest absolute Gasteiger partial charge is 0.250 e. The molecule has 0 aliphatic carbocycles. The van der Waals surface area contributed by atoms with Crippen molar-refractivity contribution in [3.05, 3.63) is 57.5 Å². The fraction of sp³-hybridized carbons (Fsp3) is 0.462. The minimum absolute atomic E-state index is 0.104. The summed E-state index contributed by atoms with van der Waals surface area (Å²) in [7, 11) is 0. The van der Waals surface area contributed by atoms with Crippen LogP contribution in [0.2, 0.25) is 0 Å². The predicted octanol–water partition coefficient (Wildman–Crippen LogP) is 4.49. The van der Waals surface area contributed by atoms with Crippen LogP contribution in [0.5, 0.6) is 0 Å². The number of aromatic amines is 1. The van der Waals surface area contributed by atoms with E-state index in [1.54, 1.807) is 6.07 Å². The van der Waals surface area contributed by atoms with Crippen molar-refractivity contribution in [3.63, 3.8) is 0 Å². The average Bonchev–Trinajstić information content (AvgIpc) is 3.44. The summed E-state index contributed by atoms with van der Waals surface area (Å²) in [5.41, 5.74) is 12.9. The summed E-state index contributed by atoms with van der Waals surface area (Å²) in [5, 5.41) is 1.27. The number of carbonyl (C=O) groups excluding carboxylic acids is 1. The van der Waals surface area contributed by atoms with E-state index in [2.05, 4.69) is 64.5 Å². The van der Waals surface area contributed by atoms with Gasteiger partial charge in [0.25, 0.3) is 5.56 Å². The molecule has 2 aliphatic rings. The number of pyridine rings is 1. The van der Waals surface area contributed by atoms with Crippen molar-refractivity contribution in [1.82, 2.24) is 14.5 Å². The molecule has 6 nitrogen and oxygen atoms in total. The van der Waals surface area contributed by atoms with E-state index in [1.165, 1.54) is 27.6 Å². The van der Waals surface area contributed by atoms with Crippen molar-refractivity contribution in [2.24, 2.45) is 5.73 Å². The highest BCUT2D eigenvalue weighted by molar-refractivity contribution is 14.1.